The highest BCUT2D eigenvalue weighted by Crippen LogP contribution is 2.38. The molecule has 0 bridgehead atoms. The number of esters is 2. The van der Waals surface area contributed by atoms with Crippen LogP contribution < -0.4 is 9.64 Å². The number of nitrogens with zero attached hydrogens (tertiary/aromatic N) is 3. The second-order valence-electron chi connectivity index (χ2n) is 9.27. The number of carbonyl (C=O) groups excluding carboxylic acids is 4. The summed E-state index contributed by atoms with van der Waals surface area (Å²) in [5.41, 5.74) is 1.08. The highest BCUT2D eigenvalue weighted by Gasteiger charge is 2.56. The quantitative estimate of drug-likeness (QED) is 0.279. The molecular weight excluding hydrogens is 502 g/mol. The minimum absolute atomic E-state index is 0. The molecule has 1 aromatic rings. The van der Waals surface area contributed by atoms with Gasteiger partial charge in [-0.15, -0.1) is 12.4 Å². The second kappa shape index (κ2) is 12.4. The van der Waals surface area contributed by atoms with Crippen molar-refractivity contribution in [3.63, 3.8) is 0 Å². The summed E-state index contributed by atoms with van der Waals surface area (Å²) in [6, 6.07) is 7.96. The number of piperazine rings is 1. The fraction of sp³-hybridized carbons (Fsp3) is 0.538. The summed E-state index contributed by atoms with van der Waals surface area (Å²) in [6.45, 7) is 6.94. The molecule has 2 heterocycles. The third kappa shape index (κ3) is 6.24. The zero-order chi connectivity index (χ0) is 25.8. The molecular formula is C26H34ClN3O7. The SMILES string of the molecule is COc1ccccc1N1CCN(CCCN2C(=O)C3C(OC(C)=O)C=CC(OC(C)=O)C3C2=O)CC1.Cl. The first kappa shape index (κ1) is 28.5. The van der Waals surface area contributed by atoms with Gasteiger partial charge in [0.2, 0.25) is 11.8 Å². The van der Waals surface area contributed by atoms with Gasteiger partial charge in [-0.3, -0.25) is 29.0 Å². The lowest BCUT2D eigenvalue weighted by Gasteiger charge is -2.36. The number of fused-ring (bicyclic) bond motifs is 1. The van der Waals surface area contributed by atoms with Crippen molar-refractivity contribution in [3.8, 4) is 5.75 Å². The summed E-state index contributed by atoms with van der Waals surface area (Å²) in [7, 11) is 1.67. The zero-order valence-corrected chi connectivity index (χ0v) is 22.1. The minimum Gasteiger partial charge on any atom is -0.495 e. The van der Waals surface area contributed by atoms with Crippen LogP contribution in [0.15, 0.2) is 36.4 Å². The second-order valence-corrected chi connectivity index (χ2v) is 9.27. The van der Waals surface area contributed by atoms with Crippen molar-refractivity contribution in [2.75, 3.05) is 51.3 Å². The van der Waals surface area contributed by atoms with Gasteiger partial charge in [0, 0.05) is 46.6 Å². The number of carbonyl (C=O) groups is 4. The van der Waals surface area contributed by atoms with Gasteiger partial charge >= 0.3 is 11.9 Å². The van der Waals surface area contributed by atoms with Gasteiger partial charge in [0.25, 0.3) is 0 Å². The number of hydrogen-bond acceptors (Lipinski definition) is 9. The third-order valence-electron chi connectivity index (χ3n) is 6.95. The summed E-state index contributed by atoms with van der Waals surface area (Å²) in [5.74, 6) is -2.79. The first-order valence-electron chi connectivity index (χ1n) is 12.3. The molecule has 0 spiro atoms. The van der Waals surface area contributed by atoms with Crippen molar-refractivity contribution in [1.29, 1.82) is 0 Å². The van der Waals surface area contributed by atoms with E-state index in [1.54, 1.807) is 7.11 Å². The molecule has 1 aromatic carbocycles. The zero-order valence-electron chi connectivity index (χ0n) is 21.3. The molecule has 2 amide bonds. The van der Waals surface area contributed by atoms with Crippen LogP contribution in [0.4, 0.5) is 5.69 Å². The standard InChI is InChI=1S/C26H33N3O7.ClH/c1-17(30)35-21-9-10-22(36-18(2)31)24-23(21)25(32)29(26(24)33)12-6-11-27-13-15-28(16-14-27)19-7-4-5-8-20(19)34-3;/h4-5,7-10,21-24H,6,11-16H2,1-3H3;1H. The van der Waals surface area contributed by atoms with Crippen LogP contribution >= 0.6 is 12.4 Å². The van der Waals surface area contributed by atoms with Crippen molar-refractivity contribution < 1.29 is 33.4 Å². The van der Waals surface area contributed by atoms with Crippen molar-refractivity contribution in [3.05, 3.63) is 36.4 Å². The molecule has 11 heteroatoms. The highest BCUT2D eigenvalue weighted by atomic mass is 35.5. The average Bonchev–Trinajstić information content (AvgIpc) is 3.11. The molecule has 4 unspecified atom stereocenters. The van der Waals surface area contributed by atoms with E-state index in [1.165, 1.54) is 30.9 Å². The van der Waals surface area contributed by atoms with Crippen LogP contribution in [0.3, 0.4) is 0 Å². The Morgan fingerprint density at radius 1 is 0.865 bits per heavy atom. The minimum atomic E-state index is -0.889. The van der Waals surface area contributed by atoms with Crippen molar-refractivity contribution in [2.24, 2.45) is 11.8 Å². The van der Waals surface area contributed by atoms with E-state index >= 15 is 0 Å². The van der Waals surface area contributed by atoms with Crippen LogP contribution in [0.1, 0.15) is 20.3 Å². The maximum atomic E-state index is 13.2. The fourth-order valence-corrected chi connectivity index (χ4v) is 5.31. The number of methoxy groups -OCH3 is 1. The van der Waals surface area contributed by atoms with Gasteiger partial charge < -0.3 is 19.1 Å². The molecule has 4 atom stereocenters. The van der Waals surface area contributed by atoms with Crippen LogP contribution in [-0.2, 0) is 28.7 Å². The van der Waals surface area contributed by atoms with E-state index in [4.69, 9.17) is 14.2 Å². The monoisotopic (exact) mass is 535 g/mol. The Balaban J connectivity index is 0.00000380. The number of ether oxygens (including phenoxy) is 3. The van der Waals surface area contributed by atoms with E-state index in [0.717, 1.165) is 44.2 Å². The Morgan fingerprint density at radius 3 is 1.92 bits per heavy atom. The van der Waals surface area contributed by atoms with Gasteiger partial charge in [-0.1, -0.05) is 12.1 Å². The van der Waals surface area contributed by atoms with Gasteiger partial charge in [-0.05, 0) is 37.3 Å². The lowest BCUT2D eigenvalue weighted by molar-refractivity contribution is -0.157. The average molecular weight is 536 g/mol. The van der Waals surface area contributed by atoms with Gasteiger partial charge in [0.05, 0.1) is 24.6 Å². The molecule has 202 valence electrons. The van der Waals surface area contributed by atoms with Crippen LogP contribution in [0.25, 0.3) is 0 Å². The lowest BCUT2D eigenvalue weighted by Crippen LogP contribution is -2.47. The molecule has 2 fully saturated rings. The number of benzene rings is 1. The normalized spacial score (nSPS) is 25.4. The number of likely N-dealkylation sites (tertiary alicyclic amines) is 1. The Labute approximate surface area is 222 Å². The van der Waals surface area contributed by atoms with Gasteiger partial charge in [-0.2, -0.15) is 0 Å². The summed E-state index contributed by atoms with van der Waals surface area (Å²) in [6.07, 6.45) is 1.97. The van der Waals surface area contributed by atoms with Gasteiger partial charge in [-0.25, -0.2) is 0 Å². The molecule has 0 radical (unpaired) electrons. The summed E-state index contributed by atoms with van der Waals surface area (Å²) < 4.78 is 16.1. The summed E-state index contributed by atoms with van der Waals surface area (Å²) >= 11 is 0. The topological polar surface area (TPSA) is 106 Å². The number of hydrogen-bond donors (Lipinski definition) is 0. The van der Waals surface area contributed by atoms with E-state index in [0.29, 0.717) is 6.42 Å². The number of imide groups is 1. The Hall–Kier alpha value is -3.11. The van der Waals surface area contributed by atoms with Crippen LogP contribution in [-0.4, -0.2) is 92.1 Å². The maximum absolute atomic E-state index is 13.2. The van der Waals surface area contributed by atoms with Gasteiger partial charge in [0.15, 0.2) is 0 Å². The van der Waals surface area contributed by atoms with E-state index in [-0.39, 0.29) is 19.0 Å². The molecule has 37 heavy (non-hydrogen) atoms. The van der Waals surface area contributed by atoms with E-state index in [1.807, 2.05) is 18.2 Å². The van der Waals surface area contributed by atoms with Crippen LogP contribution in [0.2, 0.25) is 0 Å². The molecule has 1 aliphatic carbocycles. The number of halogens is 1. The summed E-state index contributed by atoms with van der Waals surface area (Å²) in [4.78, 5) is 55.4. The first-order chi connectivity index (χ1) is 17.3. The highest BCUT2D eigenvalue weighted by molar-refractivity contribution is 6.06. The van der Waals surface area contributed by atoms with Crippen LogP contribution in [0, 0.1) is 11.8 Å². The Kier molecular flexibility index (Phi) is 9.56. The third-order valence-corrected chi connectivity index (χ3v) is 6.95. The predicted molar refractivity (Wildman–Crippen MR) is 137 cm³/mol. The van der Waals surface area contributed by atoms with E-state index in [2.05, 4.69) is 15.9 Å². The Morgan fingerprint density at radius 2 is 1.41 bits per heavy atom. The molecule has 4 rings (SSSR count). The number of anilines is 1. The van der Waals surface area contributed by atoms with Crippen molar-refractivity contribution >= 4 is 41.8 Å². The molecule has 0 saturated carbocycles. The van der Waals surface area contributed by atoms with E-state index in [9.17, 15) is 19.2 Å². The molecule has 10 nitrogen and oxygen atoms in total. The van der Waals surface area contributed by atoms with Crippen molar-refractivity contribution in [2.45, 2.75) is 32.5 Å². The lowest BCUT2D eigenvalue weighted by atomic mass is 9.81. The molecule has 3 aliphatic rings. The van der Waals surface area contributed by atoms with Crippen LogP contribution in [0.5, 0.6) is 5.75 Å². The number of amides is 2. The predicted octanol–water partition coefficient (Wildman–Crippen LogP) is 1.66. The van der Waals surface area contributed by atoms with Gasteiger partial charge in [0.1, 0.15) is 18.0 Å². The molecule has 2 saturated heterocycles. The fourth-order valence-electron chi connectivity index (χ4n) is 5.31. The number of rotatable bonds is 8. The summed E-state index contributed by atoms with van der Waals surface area (Å²) in [5, 5.41) is 0. The van der Waals surface area contributed by atoms with Crippen molar-refractivity contribution in [1.82, 2.24) is 9.80 Å². The number of para-hydroxylation sites is 2. The largest absolute Gasteiger partial charge is 0.495 e. The smallest absolute Gasteiger partial charge is 0.303 e. The molecule has 2 aliphatic heterocycles. The maximum Gasteiger partial charge on any atom is 0.303 e. The first-order valence-corrected chi connectivity index (χ1v) is 12.3. The Bertz CT molecular complexity index is 997. The molecule has 0 N–H and O–H groups in total. The van der Waals surface area contributed by atoms with E-state index < -0.39 is 47.8 Å². The molecule has 0 aromatic heterocycles.